The Bertz CT molecular complexity index is 667. The van der Waals surface area contributed by atoms with Crippen LogP contribution in [0.15, 0.2) is 21.3 Å². The molecule has 1 heterocycles. The SMILES string of the molecule is COc1ccc2c3c(c(=O)oc2c1C)CCCC3. The maximum atomic E-state index is 12.0. The maximum Gasteiger partial charge on any atom is 0.339 e. The van der Waals surface area contributed by atoms with Crippen molar-refractivity contribution in [3.63, 3.8) is 0 Å². The van der Waals surface area contributed by atoms with Gasteiger partial charge in [-0.25, -0.2) is 4.79 Å². The van der Waals surface area contributed by atoms with Gasteiger partial charge >= 0.3 is 5.63 Å². The summed E-state index contributed by atoms with van der Waals surface area (Å²) in [6.45, 7) is 1.93. The first-order valence-electron chi connectivity index (χ1n) is 6.34. The van der Waals surface area contributed by atoms with Gasteiger partial charge in [0.15, 0.2) is 0 Å². The Labute approximate surface area is 105 Å². The Hall–Kier alpha value is -1.77. The third-order valence-corrected chi connectivity index (χ3v) is 3.81. The molecule has 0 saturated heterocycles. The summed E-state index contributed by atoms with van der Waals surface area (Å²) in [4.78, 5) is 12.0. The van der Waals surface area contributed by atoms with E-state index in [1.54, 1.807) is 7.11 Å². The zero-order chi connectivity index (χ0) is 12.7. The lowest BCUT2D eigenvalue weighted by Gasteiger charge is -2.17. The van der Waals surface area contributed by atoms with Crippen LogP contribution in [0.3, 0.4) is 0 Å². The Morgan fingerprint density at radius 1 is 1.17 bits per heavy atom. The Balaban J connectivity index is 2.40. The highest BCUT2D eigenvalue weighted by Gasteiger charge is 2.19. The van der Waals surface area contributed by atoms with E-state index in [-0.39, 0.29) is 5.63 Å². The molecule has 1 aromatic carbocycles. The molecule has 1 aliphatic carbocycles. The molecule has 0 unspecified atom stereocenters. The van der Waals surface area contributed by atoms with Crippen LogP contribution < -0.4 is 10.4 Å². The summed E-state index contributed by atoms with van der Waals surface area (Å²) in [7, 11) is 1.63. The molecule has 94 valence electrons. The topological polar surface area (TPSA) is 39.4 Å². The van der Waals surface area contributed by atoms with Crippen molar-refractivity contribution in [2.24, 2.45) is 0 Å². The summed E-state index contributed by atoms with van der Waals surface area (Å²) in [6.07, 6.45) is 4.05. The summed E-state index contributed by atoms with van der Waals surface area (Å²) < 4.78 is 10.8. The monoisotopic (exact) mass is 244 g/mol. The number of aryl methyl sites for hydroxylation is 2. The lowest BCUT2D eigenvalue weighted by Crippen LogP contribution is -2.16. The van der Waals surface area contributed by atoms with Crippen molar-refractivity contribution in [3.8, 4) is 5.75 Å². The van der Waals surface area contributed by atoms with E-state index >= 15 is 0 Å². The van der Waals surface area contributed by atoms with Crippen LogP contribution in [0.1, 0.15) is 29.5 Å². The standard InChI is InChI=1S/C15H16O3/c1-9-13(17-2)8-7-11-10-5-3-4-6-12(10)15(16)18-14(9)11/h7-8H,3-6H2,1-2H3. The minimum Gasteiger partial charge on any atom is -0.496 e. The van der Waals surface area contributed by atoms with Crippen molar-refractivity contribution >= 4 is 11.0 Å². The molecule has 0 spiro atoms. The predicted molar refractivity (Wildman–Crippen MR) is 70.4 cm³/mol. The number of fused-ring (bicyclic) bond motifs is 3. The number of methoxy groups -OCH3 is 1. The van der Waals surface area contributed by atoms with Crippen LogP contribution in [0.4, 0.5) is 0 Å². The molecule has 0 fully saturated rings. The molecule has 3 nitrogen and oxygen atoms in total. The van der Waals surface area contributed by atoms with E-state index in [0.717, 1.165) is 47.9 Å². The number of ether oxygens (including phenoxy) is 1. The Kier molecular flexibility index (Phi) is 2.62. The van der Waals surface area contributed by atoms with Gasteiger partial charge in [0.05, 0.1) is 7.11 Å². The van der Waals surface area contributed by atoms with E-state index in [4.69, 9.17) is 9.15 Å². The molecule has 2 aromatic rings. The van der Waals surface area contributed by atoms with Crippen molar-refractivity contribution in [1.82, 2.24) is 0 Å². The summed E-state index contributed by atoms with van der Waals surface area (Å²) in [5.74, 6) is 0.765. The van der Waals surface area contributed by atoms with Crippen LogP contribution in [-0.2, 0) is 12.8 Å². The molecule has 0 radical (unpaired) electrons. The van der Waals surface area contributed by atoms with Gasteiger partial charge in [-0.05, 0) is 50.3 Å². The number of hydrogen-bond donors (Lipinski definition) is 0. The van der Waals surface area contributed by atoms with Gasteiger partial charge < -0.3 is 9.15 Å². The van der Waals surface area contributed by atoms with Gasteiger partial charge in [-0.15, -0.1) is 0 Å². The summed E-state index contributed by atoms with van der Waals surface area (Å²) in [5.41, 5.74) is 3.46. The van der Waals surface area contributed by atoms with Gasteiger partial charge in [-0.2, -0.15) is 0 Å². The zero-order valence-corrected chi connectivity index (χ0v) is 10.7. The van der Waals surface area contributed by atoms with Crippen LogP contribution >= 0.6 is 0 Å². The molecule has 0 aliphatic heterocycles. The van der Waals surface area contributed by atoms with E-state index in [2.05, 4.69) is 0 Å². The van der Waals surface area contributed by atoms with Gasteiger partial charge in [0.2, 0.25) is 0 Å². The second kappa shape index (κ2) is 4.16. The smallest absolute Gasteiger partial charge is 0.339 e. The van der Waals surface area contributed by atoms with Crippen LogP contribution in [0, 0.1) is 6.92 Å². The van der Waals surface area contributed by atoms with Gasteiger partial charge in [0.25, 0.3) is 0 Å². The second-order valence-corrected chi connectivity index (χ2v) is 4.82. The van der Waals surface area contributed by atoms with Crippen LogP contribution in [-0.4, -0.2) is 7.11 Å². The number of rotatable bonds is 1. The lowest BCUT2D eigenvalue weighted by atomic mass is 9.90. The van der Waals surface area contributed by atoms with Crippen molar-refractivity contribution < 1.29 is 9.15 Å². The van der Waals surface area contributed by atoms with Crippen molar-refractivity contribution in [2.75, 3.05) is 7.11 Å². The molecule has 0 bridgehead atoms. The van der Waals surface area contributed by atoms with Crippen LogP contribution in [0.2, 0.25) is 0 Å². The van der Waals surface area contributed by atoms with Gasteiger partial charge in [0.1, 0.15) is 11.3 Å². The van der Waals surface area contributed by atoms with E-state index in [1.165, 1.54) is 5.56 Å². The van der Waals surface area contributed by atoms with E-state index < -0.39 is 0 Å². The molecule has 18 heavy (non-hydrogen) atoms. The molecule has 3 rings (SSSR count). The van der Waals surface area contributed by atoms with Crippen molar-refractivity contribution in [2.45, 2.75) is 32.6 Å². The quantitative estimate of drug-likeness (QED) is 0.724. The van der Waals surface area contributed by atoms with Crippen molar-refractivity contribution in [3.05, 3.63) is 39.2 Å². The molecule has 0 amide bonds. The largest absolute Gasteiger partial charge is 0.496 e. The van der Waals surface area contributed by atoms with Gasteiger partial charge in [-0.1, -0.05) is 0 Å². The molecule has 0 saturated carbocycles. The average Bonchev–Trinajstić information content (AvgIpc) is 2.41. The normalized spacial score (nSPS) is 14.6. The first kappa shape index (κ1) is 11.3. The van der Waals surface area contributed by atoms with Gasteiger partial charge in [0, 0.05) is 16.5 Å². The molecule has 3 heteroatoms. The Morgan fingerprint density at radius 3 is 2.61 bits per heavy atom. The fourth-order valence-corrected chi connectivity index (χ4v) is 2.85. The highest BCUT2D eigenvalue weighted by molar-refractivity contribution is 5.86. The van der Waals surface area contributed by atoms with Crippen LogP contribution in [0.25, 0.3) is 11.0 Å². The average molecular weight is 244 g/mol. The van der Waals surface area contributed by atoms with E-state index in [9.17, 15) is 4.79 Å². The minimum atomic E-state index is -0.173. The van der Waals surface area contributed by atoms with E-state index in [1.807, 2.05) is 19.1 Å². The van der Waals surface area contributed by atoms with Gasteiger partial charge in [-0.3, -0.25) is 0 Å². The fourth-order valence-electron chi connectivity index (χ4n) is 2.85. The molecule has 0 N–H and O–H groups in total. The summed E-state index contributed by atoms with van der Waals surface area (Å²) in [5, 5.41) is 1.07. The zero-order valence-electron chi connectivity index (χ0n) is 10.7. The molecular weight excluding hydrogens is 228 g/mol. The third kappa shape index (κ3) is 1.54. The summed E-state index contributed by atoms with van der Waals surface area (Å²) in [6, 6.07) is 3.96. The molecule has 1 aliphatic rings. The second-order valence-electron chi connectivity index (χ2n) is 4.82. The molecule has 1 aromatic heterocycles. The lowest BCUT2D eigenvalue weighted by molar-refractivity contribution is 0.410. The third-order valence-electron chi connectivity index (χ3n) is 3.81. The van der Waals surface area contributed by atoms with Crippen molar-refractivity contribution in [1.29, 1.82) is 0 Å². The summed E-state index contributed by atoms with van der Waals surface area (Å²) >= 11 is 0. The number of hydrogen-bond acceptors (Lipinski definition) is 3. The Morgan fingerprint density at radius 2 is 1.89 bits per heavy atom. The van der Waals surface area contributed by atoms with Crippen LogP contribution in [0.5, 0.6) is 5.75 Å². The number of benzene rings is 1. The molecular formula is C15H16O3. The van der Waals surface area contributed by atoms with E-state index in [0.29, 0.717) is 5.58 Å². The first-order valence-corrected chi connectivity index (χ1v) is 6.34. The minimum absolute atomic E-state index is 0.173. The highest BCUT2D eigenvalue weighted by atomic mass is 16.5. The fraction of sp³-hybridized carbons (Fsp3) is 0.400. The maximum absolute atomic E-state index is 12.0. The highest BCUT2D eigenvalue weighted by Crippen LogP contribution is 2.32. The molecule has 0 atom stereocenters. The predicted octanol–water partition coefficient (Wildman–Crippen LogP) is 2.99. The first-order chi connectivity index (χ1) is 8.72.